The number of nitrogens with one attached hydrogen (secondary N) is 1. The van der Waals surface area contributed by atoms with E-state index in [9.17, 15) is 4.79 Å². The van der Waals surface area contributed by atoms with Crippen molar-refractivity contribution in [3.8, 4) is 11.5 Å². The Morgan fingerprint density at radius 3 is 2.53 bits per heavy atom. The van der Waals surface area contributed by atoms with E-state index in [0.717, 1.165) is 16.0 Å². The number of halogens is 1. The molecular weight excluding hydrogens is 444 g/mol. The van der Waals surface area contributed by atoms with Gasteiger partial charge in [0.05, 0.1) is 18.1 Å². The summed E-state index contributed by atoms with van der Waals surface area (Å²) < 4.78 is 11.6. The molecule has 32 heavy (non-hydrogen) atoms. The van der Waals surface area contributed by atoms with Gasteiger partial charge in [-0.05, 0) is 67.4 Å². The molecule has 1 N–H and O–H groups in total. The molecule has 1 atom stereocenters. The monoisotopic (exact) mass is 468 g/mol. The van der Waals surface area contributed by atoms with Crippen molar-refractivity contribution in [1.82, 2.24) is 5.43 Å². The highest BCUT2D eigenvalue weighted by atomic mass is 35.5. The molecular formula is C25H25ClN2O3S. The Balaban J connectivity index is 1.58. The van der Waals surface area contributed by atoms with E-state index in [1.54, 1.807) is 6.21 Å². The summed E-state index contributed by atoms with van der Waals surface area (Å²) in [6, 6.07) is 22.8. The van der Waals surface area contributed by atoms with Crippen molar-refractivity contribution in [2.24, 2.45) is 5.10 Å². The summed E-state index contributed by atoms with van der Waals surface area (Å²) in [5.74, 6) is 1.09. The van der Waals surface area contributed by atoms with Gasteiger partial charge in [0.1, 0.15) is 6.61 Å². The fourth-order valence-corrected chi connectivity index (χ4v) is 3.76. The third-order valence-electron chi connectivity index (χ3n) is 4.39. The van der Waals surface area contributed by atoms with E-state index < -0.39 is 0 Å². The Bertz CT molecular complexity index is 1040. The largest absolute Gasteiger partial charge is 0.490 e. The highest BCUT2D eigenvalue weighted by molar-refractivity contribution is 8.00. The van der Waals surface area contributed by atoms with Crippen LogP contribution in [0.2, 0.25) is 5.02 Å². The van der Waals surface area contributed by atoms with Crippen LogP contribution in [0.25, 0.3) is 0 Å². The summed E-state index contributed by atoms with van der Waals surface area (Å²) in [5, 5.41) is 4.51. The number of carbonyl (C=O) groups excluding carboxylic acids is 1. The number of ether oxygens (including phenoxy) is 2. The average Bonchev–Trinajstić information content (AvgIpc) is 2.80. The van der Waals surface area contributed by atoms with Gasteiger partial charge in [0.2, 0.25) is 0 Å². The summed E-state index contributed by atoms with van der Waals surface area (Å²) >= 11 is 7.41. The number of amides is 1. The quantitative estimate of drug-likeness (QED) is 0.227. The zero-order valence-electron chi connectivity index (χ0n) is 18.0. The van der Waals surface area contributed by atoms with Gasteiger partial charge in [0.25, 0.3) is 5.91 Å². The first-order valence-corrected chi connectivity index (χ1v) is 11.5. The van der Waals surface area contributed by atoms with Crippen LogP contribution in [-0.2, 0) is 11.4 Å². The lowest BCUT2D eigenvalue weighted by Crippen LogP contribution is -2.26. The lowest BCUT2D eigenvalue weighted by molar-refractivity contribution is -0.120. The molecule has 3 aromatic rings. The van der Waals surface area contributed by atoms with E-state index in [0.29, 0.717) is 29.7 Å². The predicted molar refractivity (Wildman–Crippen MR) is 131 cm³/mol. The van der Waals surface area contributed by atoms with Crippen LogP contribution in [0.3, 0.4) is 0 Å². The molecule has 0 fully saturated rings. The maximum Gasteiger partial charge on any atom is 0.253 e. The van der Waals surface area contributed by atoms with E-state index in [2.05, 4.69) is 10.5 Å². The number of thioether (sulfide) groups is 1. The predicted octanol–water partition coefficient (Wildman–Crippen LogP) is 5.95. The van der Waals surface area contributed by atoms with Crippen LogP contribution in [0, 0.1) is 0 Å². The maximum absolute atomic E-state index is 12.3. The molecule has 0 spiro atoms. The van der Waals surface area contributed by atoms with Crippen molar-refractivity contribution < 1.29 is 14.3 Å². The van der Waals surface area contributed by atoms with Gasteiger partial charge in [0, 0.05) is 9.92 Å². The highest BCUT2D eigenvalue weighted by Gasteiger charge is 2.13. The number of rotatable bonds is 10. The Hall–Kier alpha value is -2.96. The molecule has 0 aliphatic carbocycles. The van der Waals surface area contributed by atoms with Crippen molar-refractivity contribution in [1.29, 1.82) is 0 Å². The number of hydrogen-bond donors (Lipinski definition) is 1. The van der Waals surface area contributed by atoms with Gasteiger partial charge >= 0.3 is 0 Å². The first kappa shape index (κ1) is 23.7. The van der Waals surface area contributed by atoms with E-state index >= 15 is 0 Å². The zero-order valence-corrected chi connectivity index (χ0v) is 19.5. The van der Waals surface area contributed by atoms with E-state index in [1.807, 2.05) is 86.6 Å². The summed E-state index contributed by atoms with van der Waals surface area (Å²) in [5.41, 5.74) is 4.39. The second kappa shape index (κ2) is 12.2. The topological polar surface area (TPSA) is 59.9 Å². The molecule has 0 saturated heterocycles. The van der Waals surface area contributed by atoms with Gasteiger partial charge in [-0.15, -0.1) is 11.8 Å². The van der Waals surface area contributed by atoms with Crippen molar-refractivity contribution in [3.05, 3.63) is 88.9 Å². The van der Waals surface area contributed by atoms with E-state index in [1.165, 1.54) is 11.8 Å². The fourth-order valence-electron chi connectivity index (χ4n) is 2.75. The molecule has 0 aliphatic rings. The normalized spacial score (nSPS) is 11.8. The molecule has 166 valence electrons. The Labute approximate surface area is 197 Å². The molecule has 1 amide bonds. The minimum Gasteiger partial charge on any atom is -0.490 e. The van der Waals surface area contributed by atoms with Crippen molar-refractivity contribution in [2.75, 3.05) is 6.61 Å². The molecule has 7 heteroatoms. The third-order valence-corrected chi connectivity index (χ3v) is 5.75. The maximum atomic E-state index is 12.3. The van der Waals surface area contributed by atoms with Crippen LogP contribution in [0.15, 0.2) is 82.8 Å². The number of hydrogen-bond acceptors (Lipinski definition) is 5. The molecule has 0 radical (unpaired) electrons. The van der Waals surface area contributed by atoms with Crippen LogP contribution in [0.1, 0.15) is 25.0 Å². The summed E-state index contributed by atoms with van der Waals surface area (Å²) in [7, 11) is 0. The van der Waals surface area contributed by atoms with Crippen molar-refractivity contribution in [3.63, 3.8) is 0 Å². The molecule has 0 heterocycles. The third kappa shape index (κ3) is 7.32. The summed E-state index contributed by atoms with van der Waals surface area (Å²) in [6.45, 7) is 4.67. The van der Waals surface area contributed by atoms with Gasteiger partial charge in [-0.1, -0.05) is 41.9 Å². The molecule has 3 aromatic carbocycles. The zero-order chi connectivity index (χ0) is 22.8. The minimum absolute atomic E-state index is 0.164. The van der Waals surface area contributed by atoms with Crippen molar-refractivity contribution >= 4 is 35.5 Å². The Morgan fingerprint density at radius 2 is 1.81 bits per heavy atom. The minimum atomic E-state index is -0.267. The molecule has 0 saturated carbocycles. The van der Waals surface area contributed by atoms with Crippen LogP contribution in [0.5, 0.6) is 11.5 Å². The lowest BCUT2D eigenvalue weighted by Gasteiger charge is -2.13. The second-order valence-electron chi connectivity index (χ2n) is 6.86. The average molecular weight is 469 g/mol. The van der Waals surface area contributed by atoms with E-state index in [4.69, 9.17) is 21.1 Å². The summed E-state index contributed by atoms with van der Waals surface area (Å²) in [6.07, 6.45) is 1.59. The van der Waals surface area contributed by atoms with Crippen LogP contribution >= 0.6 is 23.4 Å². The summed E-state index contributed by atoms with van der Waals surface area (Å²) in [4.78, 5) is 13.3. The molecule has 3 rings (SSSR count). The van der Waals surface area contributed by atoms with Crippen LogP contribution in [-0.4, -0.2) is 24.0 Å². The highest BCUT2D eigenvalue weighted by Crippen LogP contribution is 2.29. The molecule has 5 nitrogen and oxygen atoms in total. The fraction of sp³-hybridized carbons (Fsp3) is 0.200. The standard InChI is InChI=1S/C25H25ClN2O3S/c1-3-30-24-15-20(11-14-23(24)31-17-19-9-12-21(26)13-10-19)16-27-28-25(29)18(2)32-22-7-5-4-6-8-22/h4-16,18H,3,17H2,1-2H3,(H,28,29)/b27-16-/t18-/m0/s1. The second-order valence-corrected chi connectivity index (χ2v) is 8.71. The van der Waals surface area contributed by atoms with Gasteiger partial charge < -0.3 is 9.47 Å². The lowest BCUT2D eigenvalue weighted by atomic mass is 10.2. The van der Waals surface area contributed by atoms with Gasteiger partial charge in [-0.25, -0.2) is 5.43 Å². The van der Waals surface area contributed by atoms with Crippen molar-refractivity contribution in [2.45, 2.75) is 30.6 Å². The van der Waals surface area contributed by atoms with Gasteiger partial charge in [0.15, 0.2) is 11.5 Å². The van der Waals surface area contributed by atoms with Gasteiger partial charge in [-0.2, -0.15) is 5.10 Å². The Morgan fingerprint density at radius 1 is 1.06 bits per heavy atom. The number of hydrazone groups is 1. The number of nitrogens with zero attached hydrogens (tertiary/aromatic N) is 1. The SMILES string of the molecule is CCOc1cc(/C=N\NC(=O)[C@H](C)Sc2ccccc2)ccc1OCc1ccc(Cl)cc1. The van der Waals surface area contributed by atoms with Gasteiger partial charge in [-0.3, -0.25) is 4.79 Å². The van der Waals surface area contributed by atoms with E-state index in [-0.39, 0.29) is 11.2 Å². The Kier molecular flexibility index (Phi) is 9.01. The first-order chi connectivity index (χ1) is 15.5. The smallest absolute Gasteiger partial charge is 0.253 e. The number of carbonyl (C=O) groups is 1. The first-order valence-electron chi connectivity index (χ1n) is 10.2. The van der Waals surface area contributed by atoms with Crippen LogP contribution in [0.4, 0.5) is 0 Å². The molecule has 0 aliphatic heterocycles. The molecule has 0 bridgehead atoms. The number of benzene rings is 3. The molecule has 0 aromatic heterocycles. The molecule has 0 unspecified atom stereocenters. The van der Waals surface area contributed by atoms with Crippen LogP contribution < -0.4 is 14.9 Å².